The minimum absolute atomic E-state index is 0.0961. The van der Waals surface area contributed by atoms with Gasteiger partial charge in [0.15, 0.2) is 0 Å². The van der Waals surface area contributed by atoms with Gasteiger partial charge in [0.05, 0.1) is 89.5 Å². The molecule has 12 bridgehead atoms. The Balaban J connectivity index is 0.0000000982. The molecule has 0 amide bonds. The second-order valence-corrected chi connectivity index (χ2v) is 43.0. The van der Waals surface area contributed by atoms with Crippen LogP contribution in [0.15, 0.2) is 322 Å². The van der Waals surface area contributed by atoms with Gasteiger partial charge in [0.25, 0.3) is 0 Å². The van der Waals surface area contributed by atoms with Crippen molar-refractivity contribution in [3.05, 3.63) is 344 Å². The molecule has 9 nitrogen and oxygen atoms in total. The smallest absolute Gasteiger partial charge is 0.139 e. The van der Waals surface area contributed by atoms with Crippen LogP contribution >= 0.6 is 0 Å². The van der Waals surface area contributed by atoms with Crippen LogP contribution in [0.5, 0.6) is 0 Å². The molecule has 0 saturated heterocycles. The van der Waals surface area contributed by atoms with Crippen molar-refractivity contribution < 1.29 is 0 Å². The highest BCUT2D eigenvalue weighted by Gasteiger charge is 2.55. The molecule has 33 rings (SSSR count). The Labute approximate surface area is 758 Å². The minimum atomic E-state index is 0.0961. The highest BCUT2D eigenvalue weighted by molar-refractivity contribution is 6.15. The quantitative estimate of drug-likeness (QED) is 0.145. The van der Waals surface area contributed by atoms with Crippen molar-refractivity contribution in [2.24, 2.45) is 53.3 Å². The molecule has 9 aromatic heterocycles. The van der Waals surface area contributed by atoms with Crippen LogP contribution in [0, 0.1) is 53.3 Å². The van der Waals surface area contributed by atoms with Gasteiger partial charge in [-0.15, -0.1) is 0 Å². The predicted molar refractivity (Wildman–Crippen MR) is 537 cm³/mol. The second-order valence-electron chi connectivity index (χ2n) is 43.0. The fourth-order valence-corrected chi connectivity index (χ4v) is 30.1. The lowest BCUT2D eigenvalue weighted by Gasteiger charge is -2.57. The summed E-state index contributed by atoms with van der Waals surface area (Å²) in [6.45, 7) is 6.86. The van der Waals surface area contributed by atoms with Crippen LogP contribution in [-0.2, 0) is 21.7 Å². The molecule has 0 aliphatic heterocycles. The van der Waals surface area contributed by atoms with Crippen molar-refractivity contribution in [2.75, 3.05) is 0 Å². The van der Waals surface area contributed by atoms with Crippen molar-refractivity contribution in [3.8, 4) is 34.5 Å². The van der Waals surface area contributed by atoms with Gasteiger partial charge in [-0.3, -0.25) is 13.7 Å². The zero-order valence-electron chi connectivity index (χ0n) is 74.5. The minimum Gasteiger partial charge on any atom is -0.309 e. The van der Waals surface area contributed by atoms with Crippen LogP contribution in [0.2, 0.25) is 0 Å². The SMILES string of the molecule is CC(C)(C)c1ccc2c(c1)c1ccccc1n2-c1ccc(-n2c3ccccc3c3cc(C45CC6CC(CC(C6)C4)C5)ccc32)nc1.c1ccc2c(c1)c1ccccc1n2-c1ccnc(-n2c3ccccc3c3cc(C45CC6CC(CC(C6)C4)C5)ccc32)c1.c1ccc2c(c1)c1ccccc1n2-c1ccnc(-n2c3ccccc3c3ccc(C45CC6CC(CC(C6)C4)C5)cc32)c1. The average Bonchev–Trinajstić information content (AvgIpc) is 1.62. The van der Waals surface area contributed by atoms with Crippen molar-refractivity contribution in [1.82, 2.24) is 42.4 Å². The molecule has 9 heterocycles. The van der Waals surface area contributed by atoms with E-state index < -0.39 is 0 Å². The topological polar surface area (TPSA) is 68.2 Å². The molecule has 0 N–H and O–H groups in total. The largest absolute Gasteiger partial charge is 0.309 e. The summed E-state index contributed by atoms with van der Waals surface area (Å²) in [6.07, 6.45) is 31.8. The molecule has 12 saturated carbocycles. The number of benzene rings is 12. The van der Waals surface area contributed by atoms with E-state index in [0.717, 1.165) is 87.8 Å². The molecule has 12 aromatic carbocycles. The van der Waals surface area contributed by atoms with E-state index in [1.807, 2.05) is 12.4 Å². The van der Waals surface area contributed by atoms with Crippen molar-refractivity contribution in [2.45, 2.75) is 158 Å². The molecule has 9 heteroatoms. The molecule has 12 fully saturated rings. The predicted octanol–water partition coefficient (Wildman–Crippen LogP) is 30.5. The van der Waals surface area contributed by atoms with Gasteiger partial charge in [-0.05, 0) is 328 Å². The lowest BCUT2D eigenvalue weighted by Crippen LogP contribution is -2.48. The van der Waals surface area contributed by atoms with Crippen molar-refractivity contribution >= 4 is 131 Å². The van der Waals surface area contributed by atoms with Gasteiger partial charge in [0.2, 0.25) is 0 Å². The Bertz CT molecular complexity index is 8020. The molecule has 636 valence electrons. The highest BCUT2D eigenvalue weighted by Crippen LogP contribution is 2.65. The van der Waals surface area contributed by atoms with E-state index in [-0.39, 0.29) is 5.41 Å². The zero-order chi connectivity index (χ0) is 85.6. The van der Waals surface area contributed by atoms with Gasteiger partial charge < -0.3 is 13.7 Å². The lowest BCUT2D eigenvalue weighted by atomic mass is 9.48. The number of aromatic nitrogens is 9. The van der Waals surface area contributed by atoms with E-state index in [1.165, 1.54) is 252 Å². The summed E-state index contributed by atoms with van der Waals surface area (Å²) >= 11 is 0. The van der Waals surface area contributed by atoms with Gasteiger partial charge in [-0.25, -0.2) is 15.0 Å². The van der Waals surface area contributed by atoms with E-state index in [4.69, 9.17) is 15.0 Å². The van der Waals surface area contributed by atoms with Crippen LogP contribution in [-0.4, -0.2) is 42.4 Å². The van der Waals surface area contributed by atoms with Crippen LogP contribution in [0.4, 0.5) is 0 Å². The third-order valence-corrected chi connectivity index (χ3v) is 34.3. The van der Waals surface area contributed by atoms with Crippen LogP contribution < -0.4 is 0 Å². The summed E-state index contributed by atoms with van der Waals surface area (Å²) in [6, 6.07) is 113. The first-order chi connectivity index (χ1) is 63.8. The molecule has 0 unspecified atom stereocenters. The fraction of sp³-hybridized carbons (Fsp3) is 0.281. The molecule has 0 atom stereocenters. The first kappa shape index (κ1) is 75.8. The fourth-order valence-electron chi connectivity index (χ4n) is 30.1. The maximum Gasteiger partial charge on any atom is 0.139 e. The van der Waals surface area contributed by atoms with Crippen LogP contribution in [0.3, 0.4) is 0 Å². The average molecular weight is 1690 g/mol. The Hall–Kier alpha value is -13.1. The number of pyridine rings is 3. The van der Waals surface area contributed by atoms with E-state index in [1.54, 1.807) is 16.7 Å². The van der Waals surface area contributed by atoms with E-state index in [0.29, 0.717) is 16.2 Å². The molecule has 0 spiro atoms. The molecule has 12 aliphatic carbocycles. The second kappa shape index (κ2) is 28.4. The number of hydrogen-bond donors (Lipinski definition) is 0. The number of fused-ring (bicyclic) bond motifs is 18. The Morgan fingerprint density at radius 1 is 0.215 bits per heavy atom. The Morgan fingerprint density at radius 2 is 0.485 bits per heavy atom. The summed E-state index contributed by atoms with van der Waals surface area (Å²) in [7, 11) is 0. The first-order valence-electron chi connectivity index (χ1n) is 48.8. The van der Waals surface area contributed by atoms with Crippen LogP contribution in [0.1, 0.15) is 159 Å². The standard InChI is InChI=1S/C43H41N3.2C39H33N3/c1-42(2,3)30-12-15-39-35(21-30)33-8-4-6-10-37(33)45(39)32-14-17-41(44-26-32)46-38-11-7-5-9-34(38)36-22-31(13-16-40(36)46)43-23-27-18-28(24-43)20-29(19-27)25-43;1-4-10-34-30(7-1)31-8-2-5-11-35(31)41(34)29-15-16-40-38(21-29)42-36-12-6-3-9-32(36)33-20-28(13-14-37(33)42)39-22-25-17-26(23-39)19-27(18-25)24-39;1-4-10-34-30(7-1)31-8-2-5-11-35(31)41(34)29-15-16-40-38(21-29)42-36-12-6-3-9-32(36)33-14-13-28(20-37(33)42)39-22-25-17-26(23-39)19-27(18-25)24-39/h4-17,21-22,26-29H,18-20,23-25H2,1-3H3;2*1-16,20-21,25-27H,17-19,22-24H2. The summed E-state index contributed by atoms with van der Waals surface area (Å²) in [5.41, 5.74) is 25.5. The summed E-state index contributed by atoms with van der Waals surface area (Å²) < 4.78 is 14.3. The van der Waals surface area contributed by atoms with Crippen molar-refractivity contribution in [3.63, 3.8) is 0 Å². The number of hydrogen-bond acceptors (Lipinski definition) is 3. The van der Waals surface area contributed by atoms with Gasteiger partial charge >= 0.3 is 0 Å². The number of rotatable bonds is 9. The third kappa shape index (κ3) is 11.6. The molecule has 12 aliphatic rings. The molecular weight excluding hydrogens is 1580 g/mol. The van der Waals surface area contributed by atoms with E-state index >= 15 is 0 Å². The summed E-state index contributed by atoms with van der Waals surface area (Å²) in [5.74, 6) is 11.4. The maximum absolute atomic E-state index is 5.17. The number of para-hydroxylation sites is 8. The van der Waals surface area contributed by atoms with Gasteiger partial charge in [0, 0.05) is 89.2 Å². The normalized spacial score (nSPS) is 24.7. The monoisotopic (exact) mass is 1690 g/mol. The Morgan fingerprint density at radius 3 is 0.831 bits per heavy atom. The van der Waals surface area contributed by atoms with E-state index in [9.17, 15) is 0 Å². The maximum atomic E-state index is 5.17. The third-order valence-electron chi connectivity index (χ3n) is 34.3. The highest BCUT2D eigenvalue weighted by atomic mass is 15.1. The molecule has 130 heavy (non-hydrogen) atoms. The van der Waals surface area contributed by atoms with Gasteiger partial charge in [-0.2, -0.15) is 0 Å². The van der Waals surface area contributed by atoms with Gasteiger partial charge in [-0.1, -0.05) is 197 Å². The summed E-state index contributed by atoms with van der Waals surface area (Å²) in [5, 5.41) is 15.7. The molecule has 21 aromatic rings. The number of nitrogens with zero attached hydrogens (tertiary/aromatic N) is 9. The van der Waals surface area contributed by atoms with Crippen molar-refractivity contribution in [1.29, 1.82) is 0 Å². The molecular formula is C121H107N9. The van der Waals surface area contributed by atoms with Crippen LogP contribution in [0.25, 0.3) is 165 Å². The van der Waals surface area contributed by atoms with E-state index in [2.05, 4.69) is 358 Å². The first-order valence-corrected chi connectivity index (χ1v) is 48.8. The summed E-state index contributed by atoms with van der Waals surface area (Å²) in [4.78, 5) is 15.2. The van der Waals surface area contributed by atoms with Gasteiger partial charge in [0.1, 0.15) is 17.5 Å². The molecule has 0 radical (unpaired) electrons. The zero-order valence-corrected chi connectivity index (χ0v) is 74.5. The Kier molecular flexibility index (Phi) is 16.6. The lowest BCUT2D eigenvalue weighted by molar-refractivity contribution is -0.00525.